The topological polar surface area (TPSA) is 96.0 Å². The Labute approximate surface area is 262 Å². The number of anilines is 1. The van der Waals surface area contributed by atoms with Crippen LogP contribution < -0.4 is 14.4 Å². The third-order valence-corrected chi connectivity index (χ3v) is 12.0. The molecule has 2 amide bonds. The van der Waals surface area contributed by atoms with E-state index in [-0.39, 0.29) is 30.5 Å². The van der Waals surface area contributed by atoms with Gasteiger partial charge in [0.05, 0.1) is 19.1 Å². The maximum absolute atomic E-state index is 14.0. The lowest BCUT2D eigenvalue weighted by atomic mass is 9.48. The van der Waals surface area contributed by atoms with E-state index in [4.69, 9.17) is 4.74 Å². The molecule has 44 heavy (non-hydrogen) atoms. The second-order valence-corrected chi connectivity index (χ2v) is 16.0. The average molecular weight is 622 g/mol. The van der Waals surface area contributed by atoms with Crippen molar-refractivity contribution in [2.24, 2.45) is 17.8 Å². The Morgan fingerprint density at radius 2 is 1.59 bits per heavy atom. The Kier molecular flexibility index (Phi) is 8.70. The van der Waals surface area contributed by atoms with Crippen LogP contribution in [0.3, 0.4) is 0 Å². The molecule has 0 spiro atoms. The lowest BCUT2D eigenvalue weighted by molar-refractivity contribution is -0.139. The molecule has 5 fully saturated rings. The second kappa shape index (κ2) is 12.4. The van der Waals surface area contributed by atoms with Crippen LogP contribution in [0, 0.1) is 17.8 Å². The van der Waals surface area contributed by atoms with Gasteiger partial charge in [0.15, 0.2) is 0 Å². The van der Waals surface area contributed by atoms with Crippen molar-refractivity contribution in [1.29, 1.82) is 0 Å². The number of carbonyl (C=O) groups excluding carboxylic acids is 2. The summed E-state index contributed by atoms with van der Waals surface area (Å²) in [5, 5.41) is 3.11. The van der Waals surface area contributed by atoms with E-state index >= 15 is 0 Å². The van der Waals surface area contributed by atoms with Crippen molar-refractivity contribution < 1.29 is 22.7 Å². The van der Waals surface area contributed by atoms with Gasteiger partial charge >= 0.3 is 0 Å². The Morgan fingerprint density at radius 3 is 2.16 bits per heavy atom. The van der Waals surface area contributed by atoms with Crippen molar-refractivity contribution >= 4 is 27.5 Å². The number of ether oxygens (including phenoxy) is 1. The fourth-order valence-electron chi connectivity index (χ4n) is 9.00. The third kappa shape index (κ3) is 6.49. The number of amides is 2. The predicted octanol–water partition coefficient (Wildman–Crippen LogP) is 5.41. The minimum atomic E-state index is -3.79. The van der Waals surface area contributed by atoms with Crippen molar-refractivity contribution in [3.8, 4) is 5.75 Å². The lowest BCUT2D eigenvalue weighted by Crippen LogP contribution is -2.52. The summed E-state index contributed by atoms with van der Waals surface area (Å²) in [5.74, 6) is 2.43. The maximum Gasteiger partial charge on any atom is 0.244 e. The van der Waals surface area contributed by atoms with E-state index in [9.17, 15) is 18.0 Å². The van der Waals surface area contributed by atoms with Crippen LogP contribution >= 0.6 is 0 Å². The summed E-state index contributed by atoms with van der Waals surface area (Å²) in [6, 6.07) is 14.6. The van der Waals surface area contributed by atoms with E-state index in [0.717, 1.165) is 55.3 Å². The quantitative estimate of drug-likeness (QED) is 0.362. The first kappa shape index (κ1) is 30.9. The summed E-state index contributed by atoms with van der Waals surface area (Å²) in [7, 11) is -2.21. The first-order valence-corrected chi connectivity index (χ1v) is 18.2. The zero-order valence-corrected chi connectivity index (χ0v) is 27.2. The SMILES string of the molecule is COc1cccc(CN(C(=O)CN(c2ccc(C34CC5CC(CC(C5)C3)C4)cc2)S(C)(=O)=O)C(C)C(=O)NC2CCCC2)c1. The number of hydrogen-bond donors (Lipinski definition) is 1. The Morgan fingerprint density at radius 1 is 0.977 bits per heavy atom. The highest BCUT2D eigenvalue weighted by Gasteiger charge is 2.51. The summed E-state index contributed by atoms with van der Waals surface area (Å²) in [6.07, 6.45) is 12.9. The van der Waals surface area contributed by atoms with Crippen LogP contribution in [0.4, 0.5) is 5.69 Å². The average Bonchev–Trinajstić information content (AvgIpc) is 3.50. The molecule has 0 saturated heterocycles. The Bertz CT molecular complexity index is 1430. The molecule has 5 saturated carbocycles. The number of nitrogens with zero attached hydrogens (tertiary/aromatic N) is 2. The molecular weight excluding hydrogens is 574 g/mol. The normalized spacial score (nSPS) is 26.8. The highest BCUT2D eigenvalue weighted by atomic mass is 32.2. The summed E-state index contributed by atoms with van der Waals surface area (Å²) < 4.78 is 32.8. The molecule has 0 aromatic heterocycles. The minimum absolute atomic E-state index is 0.110. The fourth-order valence-corrected chi connectivity index (χ4v) is 9.85. The number of rotatable bonds is 11. The van der Waals surface area contributed by atoms with Gasteiger partial charge in [0, 0.05) is 12.6 Å². The lowest BCUT2D eigenvalue weighted by Gasteiger charge is -2.57. The number of hydrogen-bond acceptors (Lipinski definition) is 5. The molecule has 1 atom stereocenters. The van der Waals surface area contributed by atoms with Crippen LogP contribution in [0.5, 0.6) is 5.75 Å². The van der Waals surface area contributed by atoms with Crippen molar-refractivity contribution in [1.82, 2.24) is 10.2 Å². The summed E-state index contributed by atoms with van der Waals surface area (Å²) in [5.41, 5.74) is 2.77. The molecule has 1 N–H and O–H groups in total. The van der Waals surface area contributed by atoms with Gasteiger partial charge in [-0.2, -0.15) is 0 Å². The Hall–Kier alpha value is -3.07. The molecule has 2 aromatic rings. The van der Waals surface area contributed by atoms with Crippen LogP contribution in [0.15, 0.2) is 48.5 Å². The number of benzene rings is 2. The molecule has 5 aliphatic carbocycles. The van der Waals surface area contributed by atoms with E-state index in [1.165, 1.54) is 53.3 Å². The van der Waals surface area contributed by atoms with E-state index < -0.39 is 22.0 Å². The van der Waals surface area contributed by atoms with Gasteiger partial charge in [-0.05, 0) is 117 Å². The van der Waals surface area contributed by atoms with Crippen LogP contribution in [-0.4, -0.2) is 57.1 Å². The molecule has 2 aromatic carbocycles. The van der Waals surface area contributed by atoms with Crippen molar-refractivity contribution in [3.63, 3.8) is 0 Å². The van der Waals surface area contributed by atoms with Crippen LogP contribution in [-0.2, 0) is 31.6 Å². The third-order valence-electron chi connectivity index (χ3n) is 10.8. The summed E-state index contributed by atoms with van der Waals surface area (Å²) in [4.78, 5) is 28.9. The monoisotopic (exact) mass is 621 g/mol. The van der Waals surface area contributed by atoms with Crippen molar-refractivity contribution in [2.45, 2.75) is 95.2 Å². The summed E-state index contributed by atoms with van der Waals surface area (Å²) in [6.45, 7) is 1.48. The molecule has 9 heteroatoms. The first-order chi connectivity index (χ1) is 21.0. The van der Waals surface area contributed by atoms with Gasteiger partial charge in [-0.1, -0.05) is 37.1 Å². The van der Waals surface area contributed by atoms with Gasteiger partial charge in [-0.3, -0.25) is 13.9 Å². The van der Waals surface area contributed by atoms with Gasteiger partial charge < -0.3 is 15.0 Å². The molecule has 7 rings (SSSR count). The minimum Gasteiger partial charge on any atom is -0.497 e. The zero-order valence-electron chi connectivity index (χ0n) is 26.3. The number of methoxy groups -OCH3 is 1. The highest BCUT2D eigenvalue weighted by molar-refractivity contribution is 7.92. The van der Waals surface area contributed by atoms with E-state index in [0.29, 0.717) is 11.4 Å². The predicted molar refractivity (Wildman–Crippen MR) is 172 cm³/mol. The number of sulfonamides is 1. The van der Waals surface area contributed by atoms with Gasteiger partial charge in [-0.25, -0.2) is 8.42 Å². The van der Waals surface area contributed by atoms with Gasteiger partial charge in [0.25, 0.3) is 0 Å². The second-order valence-electron chi connectivity index (χ2n) is 14.1. The Balaban J connectivity index is 1.23. The molecule has 0 aliphatic heterocycles. The zero-order chi connectivity index (χ0) is 31.1. The molecule has 1 unspecified atom stereocenters. The first-order valence-electron chi connectivity index (χ1n) is 16.3. The molecule has 5 aliphatic rings. The number of carbonyl (C=O) groups is 2. The van der Waals surface area contributed by atoms with Gasteiger partial charge in [0.1, 0.15) is 18.3 Å². The molecule has 8 nitrogen and oxygen atoms in total. The molecular formula is C35H47N3O5S. The van der Waals surface area contributed by atoms with E-state index in [1.807, 2.05) is 36.4 Å². The smallest absolute Gasteiger partial charge is 0.244 e. The molecule has 0 radical (unpaired) electrons. The van der Waals surface area contributed by atoms with Gasteiger partial charge in [0.2, 0.25) is 21.8 Å². The fraction of sp³-hybridized carbons (Fsp3) is 0.600. The summed E-state index contributed by atoms with van der Waals surface area (Å²) >= 11 is 0. The standard InChI is InChI=1S/C35H47N3O5S/c1-24(34(40)36-30-8-4-5-9-30)37(22-25-7-6-10-32(18-25)43-2)33(39)23-38(44(3,41)42)31-13-11-29(12-14-31)35-19-26-15-27(20-35)17-28(16-26)21-35/h6-7,10-14,18,24,26-28,30H,4-5,8-9,15-17,19-23H2,1-3H3,(H,36,40). The van der Waals surface area contributed by atoms with E-state index in [2.05, 4.69) is 17.4 Å². The number of nitrogens with one attached hydrogen (secondary N) is 1. The van der Waals surface area contributed by atoms with Crippen molar-refractivity contribution in [3.05, 3.63) is 59.7 Å². The van der Waals surface area contributed by atoms with Crippen LogP contribution in [0.1, 0.15) is 82.3 Å². The van der Waals surface area contributed by atoms with Crippen LogP contribution in [0.25, 0.3) is 0 Å². The van der Waals surface area contributed by atoms with Crippen molar-refractivity contribution in [2.75, 3.05) is 24.2 Å². The highest BCUT2D eigenvalue weighted by Crippen LogP contribution is 2.60. The molecule has 0 heterocycles. The van der Waals surface area contributed by atoms with Gasteiger partial charge in [-0.15, -0.1) is 0 Å². The molecule has 238 valence electrons. The maximum atomic E-state index is 14.0. The van der Waals surface area contributed by atoms with E-state index in [1.54, 1.807) is 14.0 Å². The largest absolute Gasteiger partial charge is 0.497 e. The molecule has 4 bridgehead atoms. The van der Waals surface area contributed by atoms with Crippen LogP contribution in [0.2, 0.25) is 0 Å².